The maximum atomic E-state index is 10.9. The number of hydrogen-bond donors (Lipinski definition) is 1. The summed E-state index contributed by atoms with van der Waals surface area (Å²) in [6, 6.07) is 0.422. The Morgan fingerprint density at radius 3 is 2.58 bits per heavy atom. The average molecular weight is 169 g/mol. The molecule has 0 radical (unpaired) electrons. The molecule has 1 N–H and O–H groups in total. The van der Waals surface area contributed by atoms with Gasteiger partial charge >= 0.3 is 0 Å². The molecule has 1 aliphatic rings. The largest absolute Gasteiger partial charge is 0.353 e. The molecule has 1 aliphatic carbocycles. The number of hydrogen-bond acceptors (Lipinski definition) is 1. The van der Waals surface area contributed by atoms with Crippen LogP contribution in [0.2, 0.25) is 0 Å². The Hall–Kier alpha value is -0.530. The van der Waals surface area contributed by atoms with E-state index in [1.165, 1.54) is 12.8 Å². The highest BCUT2D eigenvalue weighted by atomic mass is 16.1. The smallest absolute Gasteiger partial charge is 0.217 e. The molecule has 1 fully saturated rings. The van der Waals surface area contributed by atoms with Crippen LogP contribution >= 0.6 is 0 Å². The van der Waals surface area contributed by atoms with Gasteiger partial charge in [0.2, 0.25) is 5.91 Å². The first kappa shape index (κ1) is 9.56. The minimum atomic E-state index is 0.112. The van der Waals surface area contributed by atoms with Crippen LogP contribution < -0.4 is 5.32 Å². The fraction of sp³-hybridized carbons (Fsp3) is 0.900. The van der Waals surface area contributed by atoms with Gasteiger partial charge in [0, 0.05) is 13.0 Å². The van der Waals surface area contributed by atoms with E-state index in [1.54, 1.807) is 6.92 Å². The highest BCUT2D eigenvalue weighted by molar-refractivity contribution is 5.73. The number of amides is 1. The molecule has 0 saturated heterocycles. The van der Waals surface area contributed by atoms with E-state index in [4.69, 9.17) is 0 Å². The number of nitrogens with one attached hydrogen (secondary N) is 1. The molecule has 1 saturated carbocycles. The highest BCUT2D eigenvalue weighted by Crippen LogP contribution is 2.29. The number of carbonyl (C=O) groups excluding carboxylic acids is 1. The Kier molecular flexibility index (Phi) is 3.12. The Bertz CT molecular complexity index is 167. The topological polar surface area (TPSA) is 29.1 Å². The van der Waals surface area contributed by atoms with Gasteiger partial charge in [0.1, 0.15) is 0 Å². The van der Waals surface area contributed by atoms with Crippen molar-refractivity contribution >= 4 is 5.91 Å². The Morgan fingerprint density at radius 2 is 2.00 bits per heavy atom. The molecule has 3 unspecified atom stereocenters. The third-order valence-corrected chi connectivity index (χ3v) is 3.10. The summed E-state index contributed by atoms with van der Waals surface area (Å²) in [7, 11) is 0. The molecule has 0 bridgehead atoms. The molecule has 12 heavy (non-hydrogen) atoms. The second kappa shape index (κ2) is 3.92. The summed E-state index contributed by atoms with van der Waals surface area (Å²) in [6.45, 7) is 6.12. The lowest BCUT2D eigenvalue weighted by Crippen LogP contribution is -2.42. The van der Waals surface area contributed by atoms with Crippen molar-refractivity contribution in [3.63, 3.8) is 0 Å². The summed E-state index contributed by atoms with van der Waals surface area (Å²) in [6.07, 6.45) is 3.73. The van der Waals surface area contributed by atoms with Gasteiger partial charge in [-0.15, -0.1) is 0 Å². The quantitative estimate of drug-likeness (QED) is 0.638. The third kappa shape index (κ3) is 2.23. The molecule has 0 aliphatic heterocycles. The maximum absolute atomic E-state index is 10.9. The van der Waals surface area contributed by atoms with E-state index in [2.05, 4.69) is 19.2 Å². The number of carbonyl (C=O) groups is 1. The van der Waals surface area contributed by atoms with Gasteiger partial charge in [0.05, 0.1) is 0 Å². The fourth-order valence-corrected chi connectivity index (χ4v) is 2.05. The zero-order valence-electron chi connectivity index (χ0n) is 8.26. The Balaban J connectivity index is 2.46. The summed E-state index contributed by atoms with van der Waals surface area (Å²) < 4.78 is 0. The van der Waals surface area contributed by atoms with Gasteiger partial charge in [-0.2, -0.15) is 0 Å². The third-order valence-electron chi connectivity index (χ3n) is 3.10. The molecule has 1 amide bonds. The van der Waals surface area contributed by atoms with Crippen LogP contribution in [0.25, 0.3) is 0 Å². The first-order valence-electron chi connectivity index (χ1n) is 4.88. The predicted octanol–water partition coefficient (Wildman–Crippen LogP) is 1.95. The molecule has 70 valence electrons. The van der Waals surface area contributed by atoms with Crippen LogP contribution in [-0.4, -0.2) is 11.9 Å². The predicted molar refractivity (Wildman–Crippen MR) is 49.8 cm³/mol. The van der Waals surface area contributed by atoms with E-state index >= 15 is 0 Å². The van der Waals surface area contributed by atoms with Crippen molar-refractivity contribution in [2.45, 2.75) is 46.1 Å². The first-order valence-corrected chi connectivity index (χ1v) is 4.88. The lowest BCUT2D eigenvalue weighted by molar-refractivity contribution is -0.120. The molecule has 0 spiro atoms. The van der Waals surface area contributed by atoms with Gasteiger partial charge in [-0.3, -0.25) is 4.79 Å². The number of rotatable bonds is 1. The summed E-state index contributed by atoms with van der Waals surface area (Å²) in [5, 5.41) is 3.02. The summed E-state index contributed by atoms with van der Waals surface area (Å²) in [5.74, 6) is 1.51. The van der Waals surface area contributed by atoms with E-state index in [9.17, 15) is 4.79 Å². The summed E-state index contributed by atoms with van der Waals surface area (Å²) in [5.41, 5.74) is 0. The maximum Gasteiger partial charge on any atom is 0.217 e. The van der Waals surface area contributed by atoms with Gasteiger partial charge in [-0.1, -0.05) is 26.7 Å². The van der Waals surface area contributed by atoms with Crippen molar-refractivity contribution in [2.24, 2.45) is 11.8 Å². The molecular weight excluding hydrogens is 150 g/mol. The summed E-state index contributed by atoms with van der Waals surface area (Å²) >= 11 is 0. The van der Waals surface area contributed by atoms with Crippen molar-refractivity contribution < 1.29 is 4.79 Å². The van der Waals surface area contributed by atoms with Gasteiger partial charge in [-0.05, 0) is 18.3 Å². The van der Waals surface area contributed by atoms with E-state index in [0.717, 1.165) is 12.3 Å². The van der Waals surface area contributed by atoms with Crippen LogP contribution in [-0.2, 0) is 4.79 Å². The molecule has 0 aromatic rings. The molecule has 2 nitrogen and oxygen atoms in total. The fourth-order valence-electron chi connectivity index (χ4n) is 2.05. The molecular formula is C10H19NO. The van der Waals surface area contributed by atoms with Crippen LogP contribution in [0.4, 0.5) is 0 Å². The molecule has 1 rings (SSSR count). The second-order valence-electron chi connectivity index (χ2n) is 4.07. The molecule has 3 atom stereocenters. The van der Waals surface area contributed by atoms with Crippen LogP contribution in [0.1, 0.15) is 40.0 Å². The van der Waals surface area contributed by atoms with Gasteiger partial charge < -0.3 is 5.32 Å². The Morgan fingerprint density at radius 1 is 1.33 bits per heavy atom. The lowest BCUT2D eigenvalue weighted by atomic mass is 9.78. The SMILES string of the molecule is CC(=O)NC1CCCC(C)C1C. The van der Waals surface area contributed by atoms with Crippen molar-refractivity contribution in [3.8, 4) is 0 Å². The minimum absolute atomic E-state index is 0.112. The van der Waals surface area contributed by atoms with E-state index in [0.29, 0.717) is 12.0 Å². The molecule has 0 aromatic carbocycles. The van der Waals surface area contributed by atoms with Crippen molar-refractivity contribution in [1.29, 1.82) is 0 Å². The monoisotopic (exact) mass is 169 g/mol. The Labute approximate surface area is 74.7 Å². The molecule has 0 aromatic heterocycles. The van der Waals surface area contributed by atoms with E-state index in [-0.39, 0.29) is 5.91 Å². The van der Waals surface area contributed by atoms with E-state index in [1.807, 2.05) is 0 Å². The molecule has 2 heteroatoms. The summed E-state index contributed by atoms with van der Waals surface area (Å²) in [4.78, 5) is 10.9. The lowest BCUT2D eigenvalue weighted by Gasteiger charge is -2.34. The standard InChI is InChI=1S/C10H19NO/c1-7-5-4-6-10(8(7)2)11-9(3)12/h7-8,10H,4-6H2,1-3H3,(H,11,12). The zero-order chi connectivity index (χ0) is 9.14. The first-order chi connectivity index (χ1) is 5.61. The van der Waals surface area contributed by atoms with Gasteiger partial charge in [0.15, 0.2) is 0 Å². The van der Waals surface area contributed by atoms with Crippen LogP contribution in [0, 0.1) is 11.8 Å². The van der Waals surface area contributed by atoms with Crippen LogP contribution in [0.3, 0.4) is 0 Å². The van der Waals surface area contributed by atoms with Crippen molar-refractivity contribution in [2.75, 3.05) is 0 Å². The average Bonchev–Trinajstić information content (AvgIpc) is 1.98. The van der Waals surface area contributed by atoms with Crippen LogP contribution in [0.15, 0.2) is 0 Å². The zero-order valence-corrected chi connectivity index (χ0v) is 8.26. The van der Waals surface area contributed by atoms with Crippen molar-refractivity contribution in [1.82, 2.24) is 5.32 Å². The highest BCUT2D eigenvalue weighted by Gasteiger charge is 2.27. The normalized spacial score (nSPS) is 36.1. The van der Waals surface area contributed by atoms with E-state index < -0.39 is 0 Å². The van der Waals surface area contributed by atoms with Gasteiger partial charge in [-0.25, -0.2) is 0 Å². The molecule has 0 heterocycles. The van der Waals surface area contributed by atoms with Crippen LogP contribution in [0.5, 0.6) is 0 Å². The van der Waals surface area contributed by atoms with Gasteiger partial charge in [0.25, 0.3) is 0 Å². The second-order valence-corrected chi connectivity index (χ2v) is 4.07. The minimum Gasteiger partial charge on any atom is -0.353 e. The van der Waals surface area contributed by atoms with Crippen molar-refractivity contribution in [3.05, 3.63) is 0 Å².